The Kier molecular flexibility index (Phi) is 10.7. The van der Waals surface area contributed by atoms with E-state index in [0.29, 0.717) is 24.9 Å². The molecule has 10 nitrogen and oxygen atoms in total. The van der Waals surface area contributed by atoms with Crippen molar-refractivity contribution in [1.82, 2.24) is 21.1 Å². The fourth-order valence-electron chi connectivity index (χ4n) is 3.85. The number of hydrogen-bond acceptors (Lipinski definition) is 7. The van der Waals surface area contributed by atoms with Gasteiger partial charge in [-0.2, -0.15) is 0 Å². The van der Waals surface area contributed by atoms with Crippen LogP contribution < -0.4 is 16.1 Å². The van der Waals surface area contributed by atoms with Crippen LogP contribution in [0.2, 0.25) is 0 Å². The van der Waals surface area contributed by atoms with Gasteiger partial charge in [-0.3, -0.25) is 24.2 Å². The fraction of sp³-hybridized carbons (Fsp3) is 0.615. The molecule has 4 N–H and O–H groups in total. The van der Waals surface area contributed by atoms with Gasteiger partial charge in [0, 0.05) is 18.9 Å². The fourth-order valence-corrected chi connectivity index (χ4v) is 3.85. The summed E-state index contributed by atoms with van der Waals surface area (Å²) in [6.07, 6.45) is 0.941. The number of nitrogens with zero attached hydrogens (tertiary/aromatic N) is 1. The molecule has 1 aliphatic rings. The molecule has 200 valence electrons. The Morgan fingerprint density at radius 2 is 1.78 bits per heavy atom. The van der Waals surface area contributed by atoms with Gasteiger partial charge >= 0.3 is 5.97 Å². The molecule has 36 heavy (non-hydrogen) atoms. The number of aromatic hydroxyl groups is 1. The van der Waals surface area contributed by atoms with Crippen molar-refractivity contribution >= 4 is 23.7 Å². The van der Waals surface area contributed by atoms with Crippen LogP contribution >= 0.6 is 0 Å². The van der Waals surface area contributed by atoms with Gasteiger partial charge in [0.1, 0.15) is 23.9 Å². The van der Waals surface area contributed by atoms with Crippen molar-refractivity contribution in [3.8, 4) is 5.75 Å². The highest BCUT2D eigenvalue weighted by atomic mass is 16.5. The van der Waals surface area contributed by atoms with Crippen LogP contribution in [-0.2, 0) is 30.3 Å². The van der Waals surface area contributed by atoms with Gasteiger partial charge in [-0.25, -0.2) is 5.43 Å². The number of esters is 1. The van der Waals surface area contributed by atoms with E-state index in [2.05, 4.69) is 16.1 Å². The van der Waals surface area contributed by atoms with Gasteiger partial charge in [0.25, 0.3) is 5.91 Å². The molecule has 2 rings (SSSR count). The van der Waals surface area contributed by atoms with E-state index in [9.17, 15) is 24.3 Å². The lowest BCUT2D eigenvalue weighted by Gasteiger charge is -2.35. The number of amides is 3. The molecular weight excluding hydrogens is 464 g/mol. The molecule has 0 saturated carbocycles. The molecule has 1 unspecified atom stereocenters. The number of phenols is 1. The van der Waals surface area contributed by atoms with Crippen LogP contribution in [0, 0.1) is 11.8 Å². The number of hydrazine groups is 1. The Bertz CT molecular complexity index is 933. The van der Waals surface area contributed by atoms with E-state index >= 15 is 0 Å². The molecular formula is C26H40N4O6. The topological polar surface area (TPSA) is 137 Å². The van der Waals surface area contributed by atoms with E-state index in [4.69, 9.17) is 4.74 Å². The minimum atomic E-state index is -0.996. The second kappa shape index (κ2) is 13.2. The van der Waals surface area contributed by atoms with Gasteiger partial charge in [0.2, 0.25) is 11.8 Å². The number of carbonyl (C=O) groups excluding carboxylic acids is 4. The zero-order valence-corrected chi connectivity index (χ0v) is 22.0. The van der Waals surface area contributed by atoms with Gasteiger partial charge in [-0.15, -0.1) is 0 Å². The summed E-state index contributed by atoms with van der Waals surface area (Å²) < 4.78 is 5.29. The van der Waals surface area contributed by atoms with E-state index in [1.54, 1.807) is 39.8 Å². The van der Waals surface area contributed by atoms with Crippen LogP contribution in [-0.4, -0.2) is 64.6 Å². The maximum Gasteiger partial charge on any atom is 0.325 e. The van der Waals surface area contributed by atoms with Crippen molar-refractivity contribution in [2.45, 2.75) is 85.0 Å². The van der Waals surface area contributed by atoms with Crippen molar-refractivity contribution in [2.75, 3.05) is 6.54 Å². The highest BCUT2D eigenvalue weighted by molar-refractivity contribution is 5.92. The lowest BCUT2D eigenvalue weighted by molar-refractivity contribution is -0.156. The summed E-state index contributed by atoms with van der Waals surface area (Å²) in [6.45, 7) is 11.0. The quantitative estimate of drug-likeness (QED) is 0.356. The minimum Gasteiger partial charge on any atom is -0.508 e. The molecule has 0 radical (unpaired) electrons. The van der Waals surface area contributed by atoms with Crippen LogP contribution in [0.4, 0.5) is 0 Å². The first-order valence-electron chi connectivity index (χ1n) is 12.6. The first kappa shape index (κ1) is 29.1. The maximum atomic E-state index is 13.6. The van der Waals surface area contributed by atoms with E-state index in [-0.39, 0.29) is 36.0 Å². The molecule has 0 aliphatic carbocycles. The summed E-state index contributed by atoms with van der Waals surface area (Å²) in [4.78, 5) is 51.5. The SMILES string of the molecule is CC(C)OC(=O)C1CCCN(C(=O)[C@H](Cc2cccc(O)c2)NC(=O)[C@@H](NC(=O)C(C)C)C(C)C)N1. The Morgan fingerprint density at radius 1 is 1.08 bits per heavy atom. The lowest BCUT2D eigenvalue weighted by Crippen LogP contribution is -2.62. The van der Waals surface area contributed by atoms with Crippen molar-refractivity contribution in [3.05, 3.63) is 29.8 Å². The number of benzene rings is 1. The largest absolute Gasteiger partial charge is 0.508 e. The molecule has 3 amide bonds. The van der Waals surface area contributed by atoms with E-state index in [1.807, 2.05) is 13.8 Å². The van der Waals surface area contributed by atoms with Gasteiger partial charge in [-0.05, 0) is 50.3 Å². The molecule has 0 spiro atoms. The van der Waals surface area contributed by atoms with E-state index in [1.165, 1.54) is 17.1 Å². The van der Waals surface area contributed by atoms with Crippen LogP contribution in [0.1, 0.15) is 59.9 Å². The maximum absolute atomic E-state index is 13.6. The predicted molar refractivity (Wildman–Crippen MR) is 134 cm³/mol. The number of nitrogens with one attached hydrogen (secondary N) is 3. The third-order valence-corrected chi connectivity index (χ3v) is 5.82. The van der Waals surface area contributed by atoms with Crippen LogP contribution in [0.25, 0.3) is 0 Å². The zero-order chi connectivity index (χ0) is 27.0. The molecule has 1 aliphatic heterocycles. The molecule has 3 atom stereocenters. The highest BCUT2D eigenvalue weighted by Gasteiger charge is 2.35. The van der Waals surface area contributed by atoms with Gasteiger partial charge in [-0.1, -0.05) is 39.8 Å². The Morgan fingerprint density at radius 3 is 2.36 bits per heavy atom. The molecule has 1 heterocycles. The standard InChI is InChI=1S/C26H40N4O6/c1-15(2)22(28-23(32)16(3)4)24(33)27-21(14-18-9-7-10-19(31)13-18)25(34)30-12-8-11-20(29-30)26(35)36-17(5)6/h7,9-10,13,15-17,20-22,29,31H,8,11-12,14H2,1-6H3,(H,27,33)(H,28,32)/t20?,21-,22-/m0/s1. The molecule has 1 saturated heterocycles. The smallest absolute Gasteiger partial charge is 0.325 e. The second-order valence-electron chi connectivity index (χ2n) is 10.1. The van der Waals surface area contributed by atoms with E-state index < -0.39 is 35.9 Å². The van der Waals surface area contributed by atoms with Crippen LogP contribution in [0.3, 0.4) is 0 Å². The van der Waals surface area contributed by atoms with Gasteiger partial charge < -0.3 is 20.5 Å². The van der Waals surface area contributed by atoms with Crippen molar-refractivity contribution < 1.29 is 29.0 Å². The third-order valence-electron chi connectivity index (χ3n) is 5.82. The lowest BCUT2D eigenvalue weighted by atomic mass is 9.99. The van der Waals surface area contributed by atoms with Gasteiger partial charge in [0.15, 0.2) is 0 Å². The van der Waals surface area contributed by atoms with Crippen molar-refractivity contribution in [2.24, 2.45) is 11.8 Å². The normalized spacial score (nSPS) is 17.6. The zero-order valence-electron chi connectivity index (χ0n) is 22.0. The van der Waals surface area contributed by atoms with Crippen molar-refractivity contribution in [1.29, 1.82) is 0 Å². The molecule has 1 fully saturated rings. The third kappa shape index (κ3) is 8.51. The molecule has 0 bridgehead atoms. The Labute approximate surface area is 213 Å². The van der Waals surface area contributed by atoms with E-state index in [0.717, 1.165) is 0 Å². The average Bonchev–Trinajstić information content (AvgIpc) is 2.80. The summed E-state index contributed by atoms with van der Waals surface area (Å²) in [7, 11) is 0. The first-order chi connectivity index (χ1) is 16.9. The Hall–Kier alpha value is -3.14. The summed E-state index contributed by atoms with van der Waals surface area (Å²) in [5, 5.41) is 16.8. The summed E-state index contributed by atoms with van der Waals surface area (Å²) in [6, 6.07) is 3.96. The summed E-state index contributed by atoms with van der Waals surface area (Å²) in [5.41, 5.74) is 3.59. The second-order valence-corrected chi connectivity index (χ2v) is 10.1. The monoisotopic (exact) mass is 504 g/mol. The molecule has 10 heteroatoms. The van der Waals surface area contributed by atoms with Crippen molar-refractivity contribution in [3.63, 3.8) is 0 Å². The number of ether oxygens (including phenoxy) is 1. The number of hydrogen-bond donors (Lipinski definition) is 4. The number of rotatable bonds is 10. The van der Waals surface area contributed by atoms with Crippen LogP contribution in [0.5, 0.6) is 5.75 Å². The predicted octanol–water partition coefficient (Wildman–Crippen LogP) is 1.66. The molecule has 1 aromatic rings. The average molecular weight is 505 g/mol. The Balaban J connectivity index is 2.25. The first-order valence-corrected chi connectivity index (χ1v) is 12.6. The number of carbonyl (C=O) groups is 4. The van der Waals surface area contributed by atoms with Gasteiger partial charge in [0.05, 0.1) is 6.10 Å². The highest BCUT2D eigenvalue weighted by Crippen LogP contribution is 2.16. The summed E-state index contributed by atoms with van der Waals surface area (Å²) >= 11 is 0. The summed E-state index contributed by atoms with van der Waals surface area (Å²) in [5.74, 6) is -2.08. The van der Waals surface area contributed by atoms with Crippen LogP contribution in [0.15, 0.2) is 24.3 Å². The molecule has 0 aromatic heterocycles. The minimum absolute atomic E-state index is 0.0434. The number of phenolic OH excluding ortho intramolecular Hbond substituents is 1. The molecule has 1 aromatic carbocycles.